The van der Waals surface area contributed by atoms with E-state index < -0.39 is 0 Å². The number of H-pyrrole nitrogens is 1. The van der Waals surface area contributed by atoms with Crippen LogP contribution in [-0.2, 0) is 29.0 Å². The molecule has 3 aromatic rings. The summed E-state index contributed by atoms with van der Waals surface area (Å²) in [6.07, 6.45) is 2.57. The van der Waals surface area contributed by atoms with Crippen LogP contribution in [-0.4, -0.2) is 70.4 Å². The number of hydrogen-bond donors (Lipinski definition) is 2. The maximum atomic E-state index is 14.3. The van der Waals surface area contributed by atoms with Crippen LogP contribution in [0, 0.1) is 12.7 Å². The fourth-order valence-corrected chi connectivity index (χ4v) is 5.64. The van der Waals surface area contributed by atoms with E-state index in [4.69, 9.17) is 9.72 Å². The number of imidazole rings is 1. The third-order valence-electron chi connectivity index (χ3n) is 7.85. The molecular weight excluding hydrogens is 509 g/mol. The van der Waals surface area contributed by atoms with E-state index in [1.165, 1.54) is 6.07 Å². The first kappa shape index (κ1) is 27.8. The predicted octanol–water partition coefficient (Wildman–Crippen LogP) is 3.75. The van der Waals surface area contributed by atoms with Crippen LogP contribution in [0.5, 0.6) is 5.75 Å². The Hall–Kier alpha value is -3.72. The van der Waals surface area contributed by atoms with Crippen LogP contribution >= 0.6 is 0 Å². The highest BCUT2D eigenvalue weighted by Crippen LogP contribution is 2.31. The zero-order chi connectivity index (χ0) is 28.1. The zero-order valence-corrected chi connectivity index (χ0v) is 23.3. The molecule has 3 heterocycles. The number of hydrogen-bond acceptors (Lipinski definition) is 5. The van der Waals surface area contributed by atoms with E-state index in [0.717, 1.165) is 54.3 Å². The van der Waals surface area contributed by atoms with Gasteiger partial charge in [0.15, 0.2) is 0 Å². The number of carbonyl (C=O) groups excluding carboxylic acids is 2. The lowest BCUT2D eigenvalue weighted by Gasteiger charge is -2.25. The van der Waals surface area contributed by atoms with E-state index >= 15 is 0 Å². The Balaban J connectivity index is 1.35. The Morgan fingerprint density at radius 3 is 2.80 bits per heavy atom. The van der Waals surface area contributed by atoms with Crippen LogP contribution < -0.4 is 10.1 Å². The molecule has 2 aliphatic rings. The molecule has 40 heavy (non-hydrogen) atoms. The molecule has 9 heteroatoms. The van der Waals surface area contributed by atoms with Gasteiger partial charge in [0.2, 0.25) is 11.8 Å². The van der Waals surface area contributed by atoms with Gasteiger partial charge >= 0.3 is 0 Å². The lowest BCUT2D eigenvalue weighted by Crippen LogP contribution is -2.45. The van der Waals surface area contributed by atoms with Crippen LogP contribution in [0.4, 0.5) is 4.39 Å². The van der Waals surface area contributed by atoms with Gasteiger partial charge in [-0.05, 0) is 55.6 Å². The van der Waals surface area contributed by atoms with Gasteiger partial charge in [-0.15, -0.1) is 0 Å². The second kappa shape index (κ2) is 12.6. The van der Waals surface area contributed by atoms with Gasteiger partial charge in [0, 0.05) is 37.7 Å². The van der Waals surface area contributed by atoms with E-state index in [1.54, 1.807) is 23.1 Å². The average Bonchev–Trinajstić information content (AvgIpc) is 3.52. The molecule has 0 aliphatic carbocycles. The molecule has 0 radical (unpaired) electrons. The number of halogens is 1. The van der Waals surface area contributed by atoms with Crippen LogP contribution in [0.25, 0.3) is 0 Å². The maximum Gasteiger partial charge on any atom is 0.234 e. The molecule has 2 N–H and O–H groups in total. The van der Waals surface area contributed by atoms with Crippen molar-refractivity contribution >= 4 is 11.8 Å². The molecule has 2 atom stereocenters. The van der Waals surface area contributed by atoms with E-state index in [9.17, 15) is 14.0 Å². The summed E-state index contributed by atoms with van der Waals surface area (Å²) in [7, 11) is 0. The quantitative estimate of drug-likeness (QED) is 0.508. The maximum absolute atomic E-state index is 14.3. The normalized spacial score (nSPS) is 20.4. The van der Waals surface area contributed by atoms with Crippen LogP contribution in [0.1, 0.15) is 54.0 Å². The lowest BCUT2D eigenvalue weighted by atomic mass is 9.94. The molecule has 2 amide bonds. The number of aromatic amines is 1. The van der Waals surface area contributed by atoms with Crippen molar-refractivity contribution in [2.45, 2.75) is 58.0 Å². The standard InChI is InChI=1S/C31H38FN5O3/c1-3-29-33-21(2)27(34-29)18-36-13-6-7-14-40-24-11-8-10-22(15-24)25-17-37(19-28(25)35-30(38)20-36)31(39)16-23-9-4-5-12-26(23)32/h4-5,8-12,15,25,28H,3,6-7,13-14,16-20H2,1-2H3,(H,33,34)(H,35,38)/t25-,28+/m1/s1. The Labute approximate surface area is 234 Å². The Morgan fingerprint density at radius 2 is 2.00 bits per heavy atom. The minimum absolute atomic E-state index is 0.0141. The van der Waals surface area contributed by atoms with Gasteiger partial charge in [0.05, 0.1) is 31.3 Å². The summed E-state index contributed by atoms with van der Waals surface area (Å²) in [6.45, 7) is 7.04. The molecule has 0 spiro atoms. The third-order valence-corrected chi connectivity index (χ3v) is 7.85. The van der Waals surface area contributed by atoms with Crippen molar-refractivity contribution in [3.63, 3.8) is 0 Å². The molecule has 0 unspecified atom stereocenters. The van der Waals surface area contributed by atoms with Gasteiger partial charge in [0.25, 0.3) is 0 Å². The highest BCUT2D eigenvalue weighted by molar-refractivity contribution is 5.81. The van der Waals surface area contributed by atoms with Crippen molar-refractivity contribution in [3.8, 4) is 5.75 Å². The molecule has 1 fully saturated rings. The Bertz CT molecular complexity index is 1340. The van der Waals surface area contributed by atoms with Crippen molar-refractivity contribution in [2.24, 2.45) is 0 Å². The molecule has 2 aromatic carbocycles. The molecule has 1 aromatic heterocycles. The Kier molecular flexibility index (Phi) is 8.79. The number of ether oxygens (including phenoxy) is 1. The van der Waals surface area contributed by atoms with Crippen molar-refractivity contribution in [1.29, 1.82) is 0 Å². The first-order chi connectivity index (χ1) is 19.4. The molecule has 5 rings (SSSR count). The number of carbonyl (C=O) groups is 2. The van der Waals surface area contributed by atoms with Crippen LogP contribution in [0.15, 0.2) is 48.5 Å². The number of nitrogens with zero attached hydrogens (tertiary/aromatic N) is 3. The van der Waals surface area contributed by atoms with E-state index in [0.29, 0.717) is 31.8 Å². The molecule has 2 bridgehead atoms. The molecule has 212 valence electrons. The van der Waals surface area contributed by atoms with Crippen molar-refractivity contribution < 1.29 is 18.7 Å². The fourth-order valence-electron chi connectivity index (χ4n) is 5.64. The minimum Gasteiger partial charge on any atom is -0.494 e. The number of amides is 2. The van der Waals surface area contributed by atoms with E-state index in [1.807, 2.05) is 31.2 Å². The number of fused-ring (bicyclic) bond motifs is 4. The molecule has 0 saturated carbocycles. The monoisotopic (exact) mass is 547 g/mol. The van der Waals surface area contributed by atoms with Crippen LogP contribution in [0.3, 0.4) is 0 Å². The molecular formula is C31H38FN5O3. The number of aromatic nitrogens is 2. The highest BCUT2D eigenvalue weighted by atomic mass is 19.1. The first-order valence-electron chi connectivity index (χ1n) is 14.2. The topological polar surface area (TPSA) is 90.6 Å². The van der Waals surface area contributed by atoms with Crippen molar-refractivity contribution in [3.05, 3.63) is 82.7 Å². The summed E-state index contributed by atoms with van der Waals surface area (Å²) in [4.78, 5) is 38.6. The SMILES string of the molecule is CCc1nc(CN2CCCCOc3cccc(c3)[C@H]3CN(C(=O)Cc4ccccc4F)C[C@@H]3NC(=O)C2)c(C)[nH]1. The summed E-state index contributed by atoms with van der Waals surface area (Å²) in [5, 5.41) is 3.23. The first-order valence-corrected chi connectivity index (χ1v) is 14.2. The third kappa shape index (κ3) is 6.70. The van der Waals surface area contributed by atoms with Gasteiger partial charge in [-0.3, -0.25) is 14.5 Å². The summed E-state index contributed by atoms with van der Waals surface area (Å²) in [5.41, 5.74) is 3.37. The summed E-state index contributed by atoms with van der Waals surface area (Å²) < 4.78 is 20.3. The summed E-state index contributed by atoms with van der Waals surface area (Å²) in [5.74, 6) is 1.01. The molecule has 1 saturated heterocycles. The largest absolute Gasteiger partial charge is 0.494 e. The van der Waals surface area contributed by atoms with Gasteiger partial charge in [-0.2, -0.15) is 0 Å². The zero-order valence-electron chi connectivity index (χ0n) is 23.3. The number of rotatable bonds is 5. The van der Waals surface area contributed by atoms with Gasteiger partial charge in [-0.25, -0.2) is 9.37 Å². The highest BCUT2D eigenvalue weighted by Gasteiger charge is 2.37. The van der Waals surface area contributed by atoms with Gasteiger partial charge in [0.1, 0.15) is 17.4 Å². The van der Waals surface area contributed by atoms with Gasteiger partial charge < -0.3 is 19.9 Å². The van der Waals surface area contributed by atoms with E-state index in [2.05, 4.69) is 22.1 Å². The number of nitrogens with one attached hydrogen (secondary N) is 2. The lowest BCUT2D eigenvalue weighted by molar-refractivity contribution is -0.130. The second-order valence-corrected chi connectivity index (χ2v) is 10.8. The number of benzene rings is 2. The predicted molar refractivity (Wildman–Crippen MR) is 151 cm³/mol. The van der Waals surface area contributed by atoms with Crippen molar-refractivity contribution in [2.75, 3.05) is 32.8 Å². The molecule has 2 aliphatic heterocycles. The Morgan fingerprint density at radius 1 is 1.15 bits per heavy atom. The number of likely N-dealkylation sites (tertiary alicyclic amines) is 1. The second-order valence-electron chi connectivity index (χ2n) is 10.8. The van der Waals surface area contributed by atoms with Gasteiger partial charge in [-0.1, -0.05) is 37.3 Å². The van der Waals surface area contributed by atoms with E-state index in [-0.39, 0.29) is 42.6 Å². The van der Waals surface area contributed by atoms with Crippen molar-refractivity contribution in [1.82, 2.24) is 25.1 Å². The average molecular weight is 548 g/mol. The minimum atomic E-state index is -0.384. The number of aryl methyl sites for hydroxylation is 2. The summed E-state index contributed by atoms with van der Waals surface area (Å²) >= 11 is 0. The van der Waals surface area contributed by atoms with Crippen LogP contribution in [0.2, 0.25) is 0 Å². The fraction of sp³-hybridized carbons (Fsp3) is 0.452. The molecule has 8 nitrogen and oxygen atoms in total. The summed E-state index contributed by atoms with van der Waals surface area (Å²) in [6, 6.07) is 14.0. The smallest absolute Gasteiger partial charge is 0.234 e.